The van der Waals surface area contributed by atoms with Crippen molar-refractivity contribution in [3.05, 3.63) is 35.4 Å². The van der Waals surface area contributed by atoms with Gasteiger partial charge >= 0.3 is 5.97 Å². The van der Waals surface area contributed by atoms with Crippen molar-refractivity contribution < 1.29 is 9.90 Å². The minimum absolute atomic E-state index is 0.265. The van der Waals surface area contributed by atoms with Crippen LogP contribution in [0.3, 0.4) is 0 Å². The Kier molecular flexibility index (Phi) is 3.31. The molecule has 1 heterocycles. The molecular formula is C16H21NO2. The van der Waals surface area contributed by atoms with Crippen LogP contribution in [-0.4, -0.2) is 35.1 Å². The van der Waals surface area contributed by atoms with Crippen molar-refractivity contribution in [3.63, 3.8) is 0 Å². The number of carboxylic acids is 1. The molecule has 0 bridgehead atoms. The van der Waals surface area contributed by atoms with E-state index in [0.29, 0.717) is 5.92 Å². The summed E-state index contributed by atoms with van der Waals surface area (Å²) in [5.41, 5.74) is 2.86. The summed E-state index contributed by atoms with van der Waals surface area (Å²) in [5, 5.41) is 9.44. The molecular weight excluding hydrogens is 238 g/mol. The third-order valence-electron chi connectivity index (χ3n) is 4.71. The van der Waals surface area contributed by atoms with Gasteiger partial charge in [-0.2, -0.15) is 0 Å². The first-order chi connectivity index (χ1) is 9.16. The van der Waals surface area contributed by atoms with Crippen LogP contribution >= 0.6 is 0 Å². The molecule has 3 heteroatoms. The summed E-state index contributed by atoms with van der Waals surface area (Å²) in [6.45, 7) is 3.90. The van der Waals surface area contributed by atoms with E-state index in [1.807, 2.05) is 0 Å². The van der Waals surface area contributed by atoms with Crippen LogP contribution in [0.5, 0.6) is 0 Å². The van der Waals surface area contributed by atoms with Crippen LogP contribution in [0.2, 0.25) is 0 Å². The van der Waals surface area contributed by atoms with Gasteiger partial charge in [0.05, 0.1) is 0 Å². The molecule has 1 N–H and O–H groups in total. The first-order valence-corrected chi connectivity index (χ1v) is 7.21. The summed E-state index contributed by atoms with van der Waals surface area (Å²) in [6.07, 6.45) is 3.27. The van der Waals surface area contributed by atoms with E-state index in [1.165, 1.54) is 11.1 Å². The Morgan fingerprint density at radius 3 is 2.95 bits per heavy atom. The average molecular weight is 259 g/mol. The number of benzene rings is 1. The zero-order valence-corrected chi connectivity index (χ0v) is 11.4. The van der Waals surface area contributed by atoms with E-state index < -0.39 is 5.97 Å². The average Bonchev–Trinajstić information content (AvgIpc) is 2.35. The number of rotatable bonds is 3. The van der Waals surface area contributed by atoms with Crippen LogP contribution in [-0.2, 0) is 11.2 Å². The van der Waals surface area contributed by atoms with Crippen LogP contribution in [0.15, 0.2) is 24.3 Å². The summed E-state index contributed by atoms with van der Waals surface area (Å²) >= 11 is 0. The third-order valence-corrected chi connectivity index (χ3v) is 4.71. The molecule has 1 aliphatic heterocycles. The van der Waals surface area contributed by atoms with E-state index in [4.69, 9.17) is 0 Å². The Labute approximate surface area is 114 Å². The molecule has 19 heavy (non-hydrogen) atoms. The fourth-order valence-electron chi connectivity index (χ4n) is 3.69. The molecule has 1 saturated heterocycles. The van der Waals surface area contributed by atoms with E-state index >= 15 is 0 Å². The highest BCUT2D eigenvalue weighted by molar-refractivity contribution is 5.74. The molecule has 3 nitrogen and oxygen atoms in total. The monoisotopic (exact) mass is 259 g/mol. The van der Waals surface area contributed by atoms with Gasteiger partial charge in [0.25, 0.3) is 0 Å². The first kappa shape index (κ1) is 12.7. The summed E-state index contributed by atoms with van der Waals surface area (Å²) in [4.78, 5) is 13.7. The number of likely N-dealkylation sites (tertiary alicyclic amines) is 1. The maximum atomic E-state index is 11.5. The minimum atomic E-state index is -0.653. The standard InChI is InChI=1S/C16H21NO2/c1-11-5-4-8-17(15(11)16(18)19)10-13-9-12-6-2-3-7-14(12)13/h2-3,6-7,11,13,15H,4-5,8-10H2,1H3,(H,18,19). The zero-order chi connectivity index (χ0) is 13.4. The quantitative estimate of drug-likeness (QED) is 0.906. The van der Waals surface area contributed by atoms with Gasteiger partial charge in [-0.1, -0.05) is 31.2 Å². The van der Waals surface area contributed by atoms with Gasteiger partial charge in [-0.15, -0.1) is 0 Å². The van der Waals surface area contributed by atoms with Crippen molar-refractivity contribution in [2.24, 2.45) is 5.92 Å². The highest BCUT2D eigenvalue weighted by Gasteiger charge is 2.37. The maximum absolute atomic E-state index is 11.5. The van der Waals surface area contributed by atoms with Crippen molar-refractivity contribution >= 4 is 5.97 Å². The van der Waals surface area contributed by atoms with Crippen LogP contribution in [0, 0.1) is 5.92 Å². The SMILES string of the molecule is CC1CCCN(CC2Cc3ccccc32)C1C(=O)O. The van der Waals surface area contributed by atoms with E-state index in [1.54, 1.807) is 0 Å². The number of aliphatic carboxylic acids is 1. The molecule has 3 atom stereocenters. The molecule has 1 aliphatic carbocycles. The van der Waals surface area contributed by atoms with Crippen molar-refractivity contribution in [3.8, 4) is 0 Å². The number of piperidine rings is 1. The molecule has 0 saturated carbocycles. The van der Waals surface area contributed by atoms with Crippen molar-refractivity contribution in [1.29, 1.82) is 0 Å². The largest absolute Gasteiger partial charge is 0.480 e. The molecule has 2 aliphatic rings. The van der Waals surface area contributed by atoms with E-state index in [-0.39, 0.29) is 12.0 Å². The summed E-state index contributed by atoms with van der Waals surface area (Å²) in [5.74, 6) is 0.143. The van der Waals surface area contributed by atoms with Gasteiger partial charge in [0.2, 0.25) is 0 Å². The lowest BCUT2D eigenvalue weighted by Gasteiger charge is -2.41. The number of hydrogen-bond acceptors (Lipinski definition) is 2. The summed E-state index contributed by atoms with van der Waals surface area (Å²) < 4.78 is 0. The van der Waals surface area contributed by atoms with Crippen molar-refractivity contribution in [2.75, 3.05) is 13.1 Å². The summed E-state index contributed by atoms with van der Waals surface area (Å²) in [6, 6.07) is 8.24. The molecule has 0 aromatic heterocycles. The Bertz CT molecular complexity index is 485. The number of fused-ring (bicyclic) bond motifs is 1. The number of carbonyl (C=O) groups is 1. The van der Waals surface area contributed by atoms with E-state index in [2.05, 4.69) is 36.1 Å². The molecule has 1 fully saturated rings. The predicted octanol–water partition coefficient (Wildman–Crippen LogP) is 2.51. The molecule has 102 valence electrons. The van der Waals surface area contributed by atoms with Crippen LogP contribution in [0.25, 0.3) is 0 Å². The number of carboxylic acid groups (broad SMARTS) is 1. The van der Waals surface area contributed by atoms with Gasteiger partial charge in [0, 0.05) is 12.5 Å². The van der Waals surface area contributed by atoms with Crippen LogP contribution in [0.1, 0.15) is 36.8 Å². The van der Waals surface area contributed by atoms with Gasteiger partial charge in [-0.3, -0.25) is 9.69 Å². The second-order valence-electron chi connectivity index (χ2n) is 6.00. The fraction of sp³-hybridized carbons (Fsp3) is 0.562. The lowest BCUT2D eigenvalue weighted by molar-refractivity contribution is -0.147. The molecule has 3 unspecified atom stereocenters. The molecule has 0 spiro atoms. The Morgan fingerprint density at radius 1 is 1.42 bits per heavy atom. The number of nitrogens with zero attached hydrogens (tertiary/aromatic N) is 1. The summed E-state index contributed by atoms with van der Waals surface area (Å²) in [7, 11) is 0. The molecule has 3 rings (SSSR count). The molecule has 1 aromatic carbocycles. The Hall–Kier alpha value is -1.35. The van der Waals surface area contributed by atoms with Gasteiger partial charge in [-0.25, -0.2) is 0 Å². The topological polar surface area (TPSA) is 40.5 Å². The van der Waals surface area contributed by atoms with Crippen LogP contribution in [0.4, 0.5) is 0 Å². The number of hydrogen-bond donors (Lipinski definition) is 1. The maximum Gasteiger partial charge on any atom is 0.321 e. The van der Waals surface area contributed by atoms with E-state index in [9.17, 15) is 9.90 Å². The highest BCUT2D eigenvalue weighted by atomic mass is 16.4. The molecule has 1 aromatic rings. The molecule has 0 radical (unpaired) electrons. The van der Waals surface area contributed by atoms with Crippen molar-refractivity contribution in [1.82, 2.24) is 4.90 Å². The Morgan fingerprint density at radius 2 is 2.21 bits per heavy atom. The van der Waals surface area contributed by atoms with E-state index in [0.717, 1.165) is 32.4 Å². The highest BCUT2D eigenvalue weighted by Crippen LogP contribution is 2.37. The van der Waals surface area contributed by atoms with Gasteiger partial charge < -0.3 is 5.11 Å². The fourth-order valence-corrected chi connectivity index (χ4v) is 3.69. The van der Waals surface area contributed by atoms with Crippen LogP contribution < -0.4 is 0 Å². The zero-order valence-electron chi connectivity index (χ0n) is 11.4. The first-order valence-electron chi connectivity index (χ1n) is 7.21. The Balaban J connectivity index is 1.71. The normalized spacial score (nSPS) is 30.5. The minimum Gasteiger partial charge on any atom is -0.480 e. The van der Waals surface area contributed by atoms with Crippen molar-refractivity contribution in [2.45, 2.75) is 38.1 Å². The second-order valence-corrected chi connectivity index (χ2v) is 6.00. The third kappa shape index (κ3) is 2.27. The lowest BCUT2D eigenvalue weighted by atomic mass is 9.76. The van der Waals surface area contributed by atoms with Gasteiger partial charge in [0.15, 0.2) is 0 Å². The van der Waals surface area contributed by atoms with Gasteiger partial charge in [0.1, 0.15) is 6.04 Å². The van der Waals surface area contributed by atoms with Gasteiger partial charge in [-0.05, 0) is 42.9 Å². The molecule has 0 amide bonds. The predicted molar refractivity (Wildman–Crippen MR) is 74.3 cm³/mol. The smallest absolute Gasteiger partial charge is 0.321 e. The second kappa shape index (κ2) is 4.97. The lowest BCUT2D eigenvalue weighted by Crippen LogP contribution is -2.51.